The maximum absolute atomic E-state index is 12.7. The summed E-state index contributed by atoms with van der Waals surface area (Å²) < 4.78 is 7.19. The lowest BCUT2D eigenvalue weighted by Crippen LogP contribution is -2.38. The molecular formula is C23H23N5O2S3. The number of fused-ring (bicyclic) bond motifs is 1. The van der Waals surface area contributed by atoms with E-state index in [1.54, 1.807) is 18.4 Å². The first kappa shape index (κ1) is 22.1. The number of anilines is 2. The van der Waals surface area contributed by atoms with E-state index in [1.807, 2.05) is 35.2 Å². The highest BCUT2D eigenvalue weighted by Gasteiger charge is 2.26. The Labute approximate surface area is 204 Å². The van der Waals surface area contributed by atoms with Crippen molar-refractivity contribution < 1.29 is 9.53 Å². The number of benzene rings is 2. The molecule has 0 bridgehead atoms. The van der Waals surface area contributed by atoms with Crippen molar-refractivity contribution in [1.29, 1.82) is 0 Å². The second-order valence-electron chi connectivity index (χ2n) is 7.69. The summed E-state index contributed by atoms with van der Waals surface area (Å²) in [5.74, 6) is 1.77. The molecule has 0 aliphatic carbocycles. The third kappa shape index (κ3) is 5.29. The molecule has 3 heterocycles. The van der Waals surface area contributed by atoms with Gasteiger partial charge >= 0.3 is 0 Å². The van der Waals surface area contributed by atoms with Crippen LogP contribution in [-0.4, -0.2) is 51.9 Å². The number of thioether (sulfide) groups is 1. The minimum Gasteiger partial charge on any atom is -0.497 e. The van der Waals surface area contributed by atoms with E-state index in [-0.39, 0.29) is 5.91 Å². The first-order valence-electron chi connectivity index (χ1n) is 10.7. The molecule has 1 N–H and O–H groups in total. The van der Waals surface area contributed by atoms with E-state index < -0.39 is 0 Å². The molecule has 0 saturated carbocycles. The Kier molecular flexibility index (Phi) is 6.75. The largest absolute Gasteiger partial charge is 0.497 e. The standard InChI is InChI=1S/C23H23N5O2S3/c1-30-17-8-6-16(7-9-17)24-22-26-27-23(33-22)31-14-20(29)28-12-10-15(11-13-28)21-25-18-4-2-3-5-19(18)32-21/h2-9,15H,10-14H2,1H3,(H,24,26). The van der Waals surface area contributed by atoms with Crippen molar-refractivity contribution in [2.24, 2.45) is 0 Å². The number of para-hydroxylation sites is 1. The quantitative estimate of drug-likeness (QED) is 0.343. The summed E-state index contributed by atoms with van der Waals surface area (Å²) in [5, 5.41) is 13.5. The van der Waals surface area contributed by atoms with Crippen molar-refractivity contribution in [1.82, 2.24) is 20.1 Å². The van der Waals surface area contributed by atoms with Gasteiger partial charge in [0.25, 0.3) is 0 Å². The molecule has 1 fully saturated rings. The average molecular weight is 498 g/mol. The number of aromatic nitrogens is 3. The molecule has 10 heteroatoms. The molecule has 0 unspecified atom stereocenters. The normalized spacial score (nSPS) is 14.5. The SMILES string of the molecule is COc1ccc(Nc2nnc(SCC(=O)N3CCC(c4nc5ccccc5s4)CC3)s2)cc1. The fourth-order valence-corrected chi connectivity index (χ4v) is 6.58. The average Bonchev–Trinajstić information content (AvgIpc) is 3.50. The Bertz CT molecular complexity index is 1200. The molecule has 0 radical (unpaired) electrons. The fraction of sp³-hybridized carbons (Fsp3) is 0.304. The Balaban J connectivity index is 1.10. The zero-order chi connectivity index (χ0) is 22.6. The third-order valence-electron chi connectivity index (χ3n) is 5.57. The van der Waals surface area contributed by atoms with Crippen molar-refractivity contribution in [3.8, 4) is 5.75 Å². The van der Waals surface area contributed by atoms with Crippen LogP contribution in [0.5, 0.6) is 5.75 Å². The van der Waals surface area contributed by atoms with Gasteiger partial charge in [-0.1, -0.05) is 35.2 Å². The molecule has 1 aliphatic heterocycles. The summed E-state index contributed by atoms with van der Waals surface area (Å²) in [4.78, 5) is 19.5. The van der Waals surface area contributed by atoms with Crippen LogP contribution in [0.25, 0.3) is 10.2 Å². The number of carbonyl (C=O) groups is 1. The molecular weight excluding hydrogens is 474 g/mol. The number of carbonyl (C=O) groups excluding carboxylic acids is 1. The molecule has 1 amide bonds. The van der Waals surface area contributed by atoms with Gasteiger partial charge < -0.3 is 15.0 Å². The maximum Gasteiger partial charge on any atom is 0.233 e. The highest BCUT2D eigenvalue weighted by atomic mass is 32.2. The molecule has 0 spiro atoms. The number of hydrogen-bond acceptors (Lipinski definition) is 9. The minimum atomic E-state index is 0.155. The summed E-state index contributed by atoms with van der Waals surface area (Å²) in [5.41, 5.74) is 1.99. The molecule has 5 rings (SSSR count). The number of piperidine rings is 1. The highest BCUT2D eigenvalue weighted by molar-refractivity contribution is 8.01. The van der Waals surface area contributed by atoms with Crippen LogP contribution >= 0.6 is 34.4 Å². The van der Waals surface area contributed by atoms with Gasteiger partial charge in [-0.2, -0.15) is 0 Å². The molecule has 1 aliphatic rings. The van der Waals surface area contributed by atoms with E-state index in [1.165, 1.54) is 32.8 Å². The van der Waals surface area contributed by atoms with E-state index in [4.69, 9.17) is 9.72 Å². The van der Waals surface area contributed by atoms with Crippen molar-refractivity contribution in [2.75, 3.05) is 31.3 Å². The topological polar surface area (TPSA) is 80.2 Å². The third-order valence-corrected chi connectivity index (χ3v) is 8.73. The number of nitrogens with one attached hydrogen (secondary N) is 1. The predicted octanol–water partition coefficient (Wildman–Crippen LogP) is 5.40. The van der Waals surface area contributed by atoms with Crippen molar-refractivity contribution >= 4 is 61.4 Å². The lowest BCUT2D eigenvalue weighted by Gasteiger charge is -2.31. The van der Waals surface area contributed by atoms with Gasteiger partial charge in [0.1, 0.15) is 5.75 Å². The van der Waals surface area contributed by atoms with Gasteiger partial charge in [-0.3, -0.25) is 4.79 Å². The molecule has 2 aromatic heterocycles. The van der Waals surface area contributed by atoms with E-state index in [0.29, 0.717) is 16.8 Å². The van der Waals surface area contributed by atoms with Crippen molar-refractivity contribution in [3.05, 3.63) is 53.5 Å². The van der Waals surface area contributed by atoms with E-state index in [9.17, 15) is 4.79 Å². The van der Waals surface area contributed by atoms with E-state index in [0.717, 1.165) is 47.2 Å². The van der Waals surface area contributed by atoms with Crippen LogP contribution in [0.3, 0.4) is 0 Å². The van der Waals surface area contributed by atoms with Crippen LogP contribution in [0.2, 0.25) is 0 Å². The lowest BCUT2D eigenvalue weighted by molar-refractivity contribution is -0.129. The zero-order valence-electron chi connectivity index (χ0n) is 18.1. The predicted molar refractivity (Wildman–Crippen MR) is 135 cm³/mol. The number of nitrogens with zero attached hydrogens (tertiary/aromatic N) is 4. The zero-order valence-corrected chi connectivity index (χ0v) is 20.5. The van der Waals surface area contributed by atoms with Crippen LogP contribution in [0.15, 0.2) is 52.9 Å². The number of likely N-dealkylation sites (tertiary alicyclic amines) is 1. The summed E-state index contributed by atoms with van der Waals surface area (Å²) in [6, 6.07) is 15.9. The van der Waals surface area contributed by atoms with Gasteiger partial charge in [0.15, 0.2) is 4.34 Å². The monoisotopic (exact) mass is 497 g/mol. The van der Waals surface area contributed by atoms with Crippen molar-refractivity contribution in [3.63, 3.8) is 0 Å². The number of thiazole rings is 1. The number of ether oxygens (including phenoxy) is 1. The van der Waals surface area contributed by atoms with Gasteiger partial charge in [-0.05, 0) is 49.2 Å². The highest BCUT2D eigenvalue weighted by Crippen LogP contribution is 2.34. The smallest absolute Gasteiger partial charge is 0.233 e. The first-order chi connectivity index (χ1) is 16.2. The second-order valence-corrected chi connectivity index (χ2v) is 11.0. The molecule has 0 atom stereocenters. The van der Waals surface area contributed by atoms with Crippen molar-refractivity contribution in [2.45, 2.75) is 23.1 Å². The Morgan fingerprint density at radius 3 is 2.67 bits per heavy atom. The number of methoxy groups -OCH3 is 1. The summed E-state index contributed by atoms with van der Waals surface area (Å²) >= 11 is 4.67. The second kappa shape index (κ2) is 10.1. The Morgan fingerprint density at radius 1 is 1.12 bits per heavy atom. The Hall–Kier alpha value is -2.69. The molecule has 1 saturated heterocycles. The van der Waals surface area contributed by atoms with Crippen LogP contribution in [0.4, 0.5) is 10.8 Å². The first-order valence-corrected chi connectivity index (χ1v) is 13.3. The number of hydrogen-bond donors (Lipinski definition) is 1. The molecule has 7 nitrogen and oxygen atoms in total. The van der Waals surface area contributed by atoms with E-state index in [2.05, 4.69) is 33.7 Å². The van der Waals surface area contributed by atoms with E-state index >= 15 is 0 Å². The van der Waals surface area contributed by atoms with Crippen LogP contribution in [0, 0.1) is 0 Å². The molecule has 170 valence electrons. The van der Waals surface area contributed by atoms with Gasteiger partial charge in [0.2, 0.25) is 11.0 Å². The number of amides is 1. The minimum absolute atomic E-state index is 0.155. The van der Waals surface area contributed by atoms with Gasteiger partial charge in [-0.15, -0.1) is 21.5 Å². The maximum atomic E-state index is 12.7. The van der Waals surface area contributed by atoms with Gasteiger partial charge in [-0.25, -0.2) is 4.98 Å². The molecule has 2 aromatic carbocycles. The summed E-state index contributed by atoms with van der Waals surface area (Å²) in [6.07, 6.45) is 1.93. The molecule has 33 heavy (non-hydrogen) atoms. The van der Waals surface area contributed by atoms with Crippen LogP contribution in [0.1, 0.15) is 23.8 Å². The fourth-order valence-electron chi connectivity index (χ4n) is 3.77. The molecule has 4 aromatic rings. The van der Waals surface area contributed by atoms with Gasteiger partial charge in [0.05, 0.1) is 28.1 Å². The van der Waals surface area contributed by atoms with Gasteiger partial charge in [0, 0.05) is 24.7 Å². The van der Waals surface area contributed by atoms with Crippen LogP contribution in [-0.2, 0) is 4.79 Å². The number of rotatable bonds is 7. The summed E-state index contributed by atoms with van der Waals surface area (Å²) in [6.45, 7) is 1.56. The van der Waals surface area contributed by atoms with Crippen LogP contribution < -0.4 is 10.1 Å². The summed E-state index contributed by atoms with van der Waals surface area (Å²) in [7, 11) is 1.64. The Morgan fingerprint density at radius 2 is 1.91 bits per heavy atom. The lowest BCUT2D eigenvalue weighted by atomic mass is 9.97.